The van der Waals surface area contributed by atoms with E-state index in [9.17, 15) is 9.59 Å². The Morgan fingerprint density at radius 1 is 1.26 bits per heavy atom. The van der Waals surface area contributed by atoms with Crippen molar-refractivity contribution in [2.45, 2.75) is 39.7 Å². The fourth-order valence-electron chi connectivity index (χ4n) is 5.45. The van der Waals surface area contributed by atoms with Crippen LogP contribution < -0.4 is 10.6 Å². The first-order valence-corrected chi connectivity index (χ1v) is 14.0. The van der Waals surface area contributed by atoms with Crippen molar-refractivity contribution in [3.63, 3.8) is 0 Å². The highest BCUT2D eigenvalue weighted by molar-refractivity contribution is 6.34. The Balaban J connectivity index is 1.85. The van der Waals surface area contributed by atoms with Crippen molar-refractivity contribution in [3.05, 3.63) is 93.9 Å². The Kier molecular flexibility index (Phi) is 7.25. The molecule has 0 saturated carbocycles. The number of hydrogen-bond acceptors (Lipinski definition) is 6. The van der Waals surface area contributed by atoms with Crippen LogP contribution in [0.5, 0.6) is 0 Å². The number of piperazine rings is 1. The zero-order valence-electron chi connectivity index (χ0n) is 25.9. The number of hydrogen-bond donors (Lipinski definition) is 0. The average Bonchev–Trinajstić information content (AvgIpc) is 2.98. The fourth-order valence-corrected chi connectivity index (χ4v) is 5.70. The van der Waals surface area contributed by atoms with Gasteiger partial charge in [0.1, 0.15) is 11.6 Å². The zero-order chi connectivity index (χ0) is 31.9. The summed E-state index contributed by atoms with van der Waals surface area (Å²) in [7, 11) is 0. The highest BCUT2D eigenvalue weighted by Crippen LogP contribution is 2.37. The molecule has 1 aliphatic heterocycles. The highest BCUT2D eigenvalue weighted by Gasteiger charge is 2.30. The number of rotatable bonds is 6. The fraction of sp³-hybridized carbons (Fsp3) is 0.281. The maximum absolute atomic E-state index is 15.0. The lowest BCUT2D eigenvalue weighted by Crippen LogP contribution is -2.54. The summed E-state index contributed by atoms with van der Waals surface area (Å²) in [4.78, 5) is 43.8. The number of amides is 1. The van der Waals surface area contributed by atoms with Gasteiger partial charge in [-0.15, -0.1) is 0 Å². The van der Waals surface area contributed by atoms with E-state index in [1.807, 2.05) is 25.7 Å². The van der Waals surface area contributed by atoms with E-state index in [1.54, 1.807) is 42.2 Å². The molecule has 0 N–H and O–H groups in total. The first-order valence-electron chi connectivity index (χ1n) is 14.6. The van der Waals surface area contributed by atoms with Crippen molar-refractivity contribution < 1.29 is 11.9 Å². The molecule has 8 nitrogen and oxygen atoms in total. The number of benzene rings is 1. The van der Waals surface area contributed by atoms with E-state index in [0.29, 0.717) is 53.4 Å². The number of fused-ring (bicyclic) bond motifs is 1. The molecule has 1 saturated heterocycles. The molecule has 0 spiro atoms. The summed E-state index contributed by atoms with van der Waals surface area (Å²) in [5.74, 6) is -0.563. The maximum atomic E-state index is 15.0. The quantitative estimate of drug-likeness (QED) is 0.260. The predicted molar refractivity (Wildman–Crippen MR) is 166 cm³/mol. The average molecular weight is 589 g/mol. The van der Waals surface area contributed by atoms with Gasteiger partial charge in [0.25, 0.3) is 0 Å². The summed E-state index contributed by atoms with van der Waals surface area (Å²) in [6.45, 7) is 11.7. The molecule has 1 aliphatic rings. The lowest BCUT2D eigenvalue weighted by molar-refractivity contribution is -0.126. The van der Waals surface area contributed by atoms with Crippen LogP contribution in [0.3, 0.4) is 0 Å². The normalized spacial score (nSPS) is 15.9. The van der Waals surface area contributed by atoms with Crippen molar-refractivity contribution >= 4 is 40.4 Å². The summed E-state index contributed by atoms with van der Waals surface area (Å²) in [5.41, 5.74) is 1.93. The standard InChI is InChI=1S/C32H32ClFN6O2/c1-7-21-11-9-10-12-22(21)28-24(33)15-23-30(39-14-13-38(17-19(39)5)26(41)8-2)37-32(42)40(31(23)36-28)29-20(6)25(34)16-35-27(29)18(3)4/h7-12,15-16,18-19H,1-2,13-14,17H2,3-6H3/t19-/m0/s1/i1D2. The second kappa shape index (κ2) is 11.5. The third-order valence-electron chi connectivity index (χ3n) is 7.60. The number of halogens is 2. The predicted octanol–water partition coefficient (Wildman–Crippen LogP) is 5.93. The second-order valence-corrected chi connectivity index (χ2v) is 11.0. The molecule has 3 aromatic heterocycles. The van der Waals surface area contributed by atoms with E-state index in [2.05, 4.69) is 16.5 Å². The van der Waals surface area contributed by atoms with Gasteiger partial charge in [-0.05, 0) is 37.5 Å². The van der Waals surface area contributed by atoms with E-state index in [0.717, 1.165) is 6.20 Å². The number of nitrogens with zero attached hydrogens (tertiary/aromatic N) is 6. The number of anilines is 1. The van der Waals surface area contributed by atoms with Crippen LogP contribution in [0.1, 0.15) is 46.3 Å². The van der Waals surface area contributed by atoms with Crippen LogP contribution in [0.25, 0.3) is 34.1 Å². The van der Waals surface area contributed by atoms with E-state index in [-0.39, 0.29) is 39.8 Å². The van der Waals surface area contributed by atoms with Gasteiger partial charge in [0.2, 0.25) is 5.91 Å². The van der Waals surface area contributed by atoms with Crippen LogP contribution in [0, 0.1) is 12.7 Å². The Labute approximate surface area is 251 Å². The van der Waals surface area contributed by atoms with Gasteiger partial charge in [0.15, 0.2) is 5.65 Å². The van der Waals surface area contributed by atoms with E-state index in [4.69, 9.17) is 19.3 Å². The molecule has 42 heavy (non-hydrogen) atoms. The third-order valence-corrected chi connectivity index (χ3v) is 7.89. The van der Waals surface area contributed by atoms with Crippen molar-refractivity contribution in [2.24, 2.45) is 0 Å². The largest absolute Gasteiger partial charge is 0.355 e. The highest BCUT2D eigenvalue weighted by atomic mass is 35.5. The second-order valence-electron chi connectivity index (χ2n) is 10.6. The molecule has 5 rings (SSSR count). The van der Waals surface area contributed by atoms with Crippen molar-refractivity contribution in [1.29, 1.82) is 0 Å². The summed E-state index contributed by atoms with van der Waals surface area (Å²) in [5, 5.41) is 0.719. The molecule has 1 amide bonds. The number of aromatic nitrogens is 4. The van der Waals surface area contributed by atoms with Crippen LogP contribution in [0.2, 0.25) is 5.02 Å². The molecule has 0 aliphatic carbocycles. The minimum Gasteiger partial charge on any atom is -0.350 e. The molecule has 1 aromatic carbocycles. The zero-order valence-corrected chi connectivity index (χ0v) is 24.6. The summed E-state index contributed by atoms with van der Waals surface area (Å²) < 4.78 is 31.7. The maximum Gasteiger partial charge on any atom is 0.355 e. The van der Waals surface area contributed by atoms with Gasteiger partial charge in [0, 0.05) is 36.8 Å². The van der Waals surface area contributed by atoms with E-state index < -0.39 is 18.0 Å². The third kappa shape index (κ3) is 4.98. The summed E-state index contributed by atoms with van der Waals surface area (Å²) >= 11 is 6.91. The Bertz CT molecular complexity index is 1890. The summed E-state index contributed by atoms with van der Waals surface area (Å²) in [6, 6.07) is 8.56. The molecular formula is C32H32ClFN6O2. The van der Waals surface area contributed by atoms with Crippen LogP contribution >= 0.6 is 11.6 Å². The smallest absolute Gasteiger partial charge is 0.350 e. The number of carbonyl (C=O) groups excluding carboxylic acids is 1. The van der Waals surface area contributed by atoms with E-state index >= 15 is 4.39 Å². The van der Waals surface area contributed by atoms with Gasteiger partial charge in [-0.1, -0.05) is 68.9 Å². The van der Waals surface area contributed by atoms with Crippen LogP contribution in [0.15, 0.2) is 60.5 Å². The molecule has 1 fully saturated rings. The van der Waals surface area contributed by atoms with Crippen LogP contribution in [-0.2, 0) is 4.79 Å². The van der Waals surface area contributed by atoms with Crippen molar-refractivity contribution in [1.82, 2.24) is 24.4 Å². The Hall–Kier alpha value is -4.37. The van der Waals surface area contributed by atoms with Crippen LogP contribution in [0.4, 0.5) is 10.2 Å². The van der Waals surface area contributed by atoms with Gasteiger partial charge in [-0.25, -0.2) is 18.7 Å². The molecule has 0 bridgehead atoms. The van der Waals surface area contributed by atoms with Crippen molar-refractivity contribution in [3.8, 4) is 16.9 Å². The lowest BCUT2D eigenvalue weighted by Gasteiger charge is -2.40. The molecule has 4 heterocycles. The SMILES string of the molecule is [2H]C([2H])=Cc1ccccc1-c1nc2c(cc1Cl)c(N1CCN(C(=O)C=C)C[C@@H]1C)nc(=O)n2-c1c(C(C)C)ncc(F)c1C. The van der Waals surface area contributed by atoms with Gasteiger partial charge in [0.05, 0.1) is 36.4 Å². The topological polar surface area (TPSA) is 84.2 Å². The molecule has 216 valence electrons. The number of carbonyl (C=O) groups is 1. The minimum absolute atomic E-state index is 0.161. The lowest BCUT2D eigenvalue weighted by atomic mass is 10.0. The Morgan fingerprint density at radius 2 is 2.02 bits per heavy atom. The Morgan fingerprint density at radius 3 is 2.71 bits per heavy atom. The molecule has 0 unspecified atom stereocenters. The molecule has 4 aromatic rings. The van der Waals surface area contributed by atoms with Gasteiger partial charge >= 0.3 is 5.69 Å². The minimum atomic E-state index is -0.671. The van der Waals surface area contributed by atoms with Gasteiger partial charge in [-0.2, -0.15) is 4.98 Å². The first-order chi connectivity index (χ1) is 20.9. The van der Waals surface area contributed by atoms with Gasteiger partial charge in [-0.3, -0.25) is 9.78 Å². The van der Waals surface area contributed by atoms with Crippen molar-refractivity contribution in [2.75, 3.05) is 24.5 Å². The van der Waals surface area contributed by atoms with E-state index in [1.165, 1.54) is 16.7 Å². The molecular weight excluding hydrogens is 555 g/mol. The number of pyridine rings is 2. The monoisotopic (exact) mass is 588 g/mol. The van der Waals surface area contributed by atoms with Gasteiger partial charge < -0.3 is 9.80 Å². The summed E-state index contributed by atoms with van der Waals surface area (Å²) in [6.07, 6.45) is 3.81. The first kappa shape index (κ1) is 26.5. The molecule has 10 heteroatoms. The molecule has 1 atom stereocenters. The van der Waals surface area contributed by atoms with Crippen LogP contribution in [-0.4, -0.2) is 56.0 Å². The molecule has 0 radical (unpaired) electrons.